The molecule has 0 aliphatic heterocycles. The second kappa shape index (κ2) is 4.92. The molecule has 7 heteroatoms. The number of benzene rings is 1. The van der Waals surface area contributed by atoms with Crippen LogP contribution in [0.15, 0.2) is 30.5 Å². The number of hydrogen-bond donors (Lipinski definition) is 1. The SMILES string of the molecule is CNCc1ccn(-c2ccc(F)c([N+](=O)[O-])c2)n1. The van der Waals surface area contributed by atoms with Crippen molar-refractivity contribution in [1.82, 2.24) is 15.1 Å². The second-order valence-corrected chi connectivity index (χ2v) is 3.67. The first kappa shape index (κ1) is 12.2. The third-order valence-corrected chi connectivity index (χ3v) is 2.39. The average Bonchev–Trinajstić information content (AvgIpc) is 2.78. The lowest BCUT2D eigenvalue weighted by Gasteiger charge is -2.01. The molecular weight excluding hydrogens is 239 g/mol. The van der Waals surface area contributed by atoms with E-state index >= 15 is 0 Å². The Morgan fingerprint density at radius 3 is 2.94 bits per heavy atom. The quantitative estimate of drug-likeness (QED) is 0.661. The summed E-state index contributed by atoms with van der Waals surface area (Å²) >= 11 is 0. The van der Waals surface area contributed by atoms with E-state index in [1.807, 2.05) is 0 Å². The number of aromatic nitrogens is 2. The Morgan fingerprint density at radius 1 is 1.50 bits per heavy atom. The van der Waals surface area contributed by atoms with E-state index in [1.54, 1.807) is 19.3 Å². The van der Waals surface area contributed by atoms with Crippen LogP contribution in [0.4, 0.5) is 10.1 Å². The third-order valence-electron chi connectivity index (χ3n) is 2.39. The molecule has 0 saturated heterocycles. The van der Waals surface area contributed by atoms with Crippen LogP contribution in [-0.4, -0.2) is 21.8 Å². The molecule has 0 bridgehead atoms. The summed E-state index contributed by atoms with van der Waals surface area (Å²) in [6.45, 7) is 0.594. The summed E-state index contributed by atoms with van der Waals surface area (Å²) in [6.07, 6.45) is 1.67. The molecule has 0 unspecified atom stereocenters. The van der Waals surface area contributed by atoms with E-state index in [9.17, 15) is 14.5 Å². The average molecular weight is 250 g/mol. The maximum absolute atomic E-state index is 13.2. The Hall–Kier alpha value is -2.28. The van der Waals surface area contributed by atoms with Crippen LogP contribution in [0, 0.1) is 15.9 Å². The van der Waals surface area contributed by atoms with E-state index in [0.717, 1.165) is 17.8 Å². The van der Waals surface area contributed by atoms with E-state index < -0.39 is 16.4 Å². The predicted molar refractivity (Wildman–Crippen MR) is 62.9 cm³/mol. The fourth-order valence-corrected chi connectivity index (χ4v) is 1.56. The summed E-state index contributed by atoms with van der Waals surface area (Å²) in [6, 6.07) is 5.45. The number of rotatable bonds is 4. The van der Waals surface area contributed by atoms with Crippen LogP contribution in [-0.2, 0) is 6.54 Å². The molecule has 94 valence electrons. The molecule has 0 spiro atoms. The Labute approximate surface area is 102 Å². The van der Waals surface area contributed by atoms with E-state index in [0.29, 0.717) is 12.2 Å². The fourth-order valence-electron chi connectivity index (χ4n) is 1.56. The van der Waals surface area contributed by atoms with E-state index in [-0.39, 0.29) is 0 Å². The van der Waals surface area contributed by atoms with Crippen molar-refractivity contribution in [1.29, 1.82) is 0 Å². The minimum atomic E-state index is -0.855. The van der Waals surface area contributed by atoms with Crippen molar-refractivity contribution in [3.8, 4) is 5.69 Å². The normalized spacial score (nSPS) is 10.6. The zero-order chi connectivity index (χ0) is 13.1. The van der Waals surface area contributed by atoms with Gasteiger partial charge in [-0.2, -0.15) is 9.49 Å². The van der Waals surface area contributed by atoms with Crippen LogP contribution < -0.4 is 5.32 Å². The lowest BCUT2D eigenvalue weighted by molar-refractivity contribution is -0.387. The number of nitro benzene ring substituents is 1. The summed E-state index contributed by atoms with van der Waals surface area (Å²) in [5.74, 6) is -0.855. The Balaban J connectivity index is 2.38. The zero-order valence-electron chi connectivity index (χ0n) is 9.63. The molecule has 18 heavy (non-hydrogen) atoms. The largest absolute Gasteiger partial charge is 0.314 e. The molecule has 0 atom stereocenters. The molecule has 0 aliphatic rings. The maximum Gasteiger partial charge on any atom is 0.306 e. The van der Waals surface area contributed by atoms with Crippen molar-refractivity contribution < 1.29 is 9.31 Å². The van der Waals surface area contributed by atoms with Crippen molar-refractivity contribution >= 4 is 5.69 Å². The minimum absolute atomic E-state index is 0.449. The summed E-state index contributed by atoms with van der Waals surface area (Å²) in [4.78, 5) is 9.89. The summed E-state index contributed by atoms with van der Waals surface area (Å²) < 4.78 is 14.7. The lowest BCUT2D eigenvalue weighted by Crippen LogP contribution is -2.06. The molecule has 1 heterocycles. The minimum Gasteiger partial charge on any atom is -0.314 e. The summed E-state index contributed by atoms with van der Waals surface area (Å²) in [5.41, 5.74) is 0.688. The predicted octanol–water partition coefficient (Wildman–Crippen LogP) is 1.64. The maximum atomic E-state index is 13.2. The van der Waals surface area contributed by atoms with Gasteiger partial charge in [-0.1, -0.05) is 0 Å². The van der Waals surface area contributed by atoms with Crippen molar-refractivity contribution in [2.45, 2.75) is 6.54 Å². The van der Waals surface area contributed by atoms with E-state index in [4.69, 9.17) is 0 Å². The van der Waals surface area contributed by atoms with Gasteiger partial charge in [0, 0.05) is 18.8 Å². The highest BCUT2D eigenvalue weighted by molar-refractivity contribution is 5.43. The molecule has 2 rings (SSSR count). The van der Waals surface area contributed by atoms with E-state index in [1.165, 1.54) is 10.7 Å². The van der Waals surface area contributed by atoms with Gasteiger partial charge < -0.3 is 5.32 Å². The molecule has 0 fully saturated rings. The highest BCUT2D eigenvalue weighted by Crippen LogP contribution is 2.20. The number of halogens is 1. The Kier molecular flexibility index (Phi) is 3.33. The van der Waals surface area contributed by atoms with Crippen molar-refractivity contribution in [3.05, 3.63) is 52.1 Å². The molecule has 1 aromatic heterocycles. The fraction of sp³-hybridized carbons (Fsp3) is 0.182. The van der Waals surface area contributed by atoms with Gasteiger partial charge in [0.2, 0.25) is 5.82 Å². The third kappa shape index (κ3) is 2.35. The molecule has 0 saturated carbocycles. The first-order valence-corrected chi connectivity index (χ1v) is 5.25. The number of nitrogens with zero attached hydrogens (tertiary/aromatic N) is 3. The topological polar surface area (TPSA) is 73.0 Å². The molecular formula is C11H11FN4O2. The van der Waals surface area contributed by atoms with Gasteiger partial charge in [0.05, 0.1) is 16.3 Å². The van der Waals surface area contributed by atoms with Crippen molar-refractivity contribution in [2.24, 2.45) is 0 Å². The number of hydrogen-bond acceptors (Lipinski definition) is 4. The standard InChI is InChI=1S/C11H11FN4O2/c1-13-7-8-4-5-15(14-8)9-2-3-10(12)11(6-9)16(17)18/h2-6,13H,7H2,1H3. The molecule has 2 aromatic rings. The van der Waals surface area contributed by atoms with Gasteiger partial charge in [-0.3, -0.25) is 10.1 Å². The van der Waals surface area contributed by atoms with Crippen LogP contribution in [0.1, 0.15) is 5.69 Å². The molecule has 6 nitrogen and oxygen atoms in total. The second-order valence-electron chi connectivity index (χ2n) is 3.67. The highest BCUT2D eigenvalue weighted by atomic mass is 19.1. The number of nitro groups is 1. The van der Waals surface area contributed by atoms with Crippen LogP contribution in [0.5, 0.6) is 0 Å². The van der Waals surface area contributed by atoms with Gasteiger partial charge in [-0.25, -0.2) is 4.68 Å². The van der Waals surface area contributed by atoms with Gasteiger partial charge in [-0.15, -0.1) is 0 Å². The lowest BCUT2D eigenvalue weighted by atomic mass is 10.2. The van der Waals surface area contributed by atoms with Gasteiger partial charge in [-0.05, 0) is 25.2 Å². The monoisotopic (exact) mass is 250 g/mol. The summed E-state index contributed by atoms with van der Waals surface area (Å²) in [7, 11) is 1.79. The smallest absolute Gasteiger partial charge is 0.306 e. The molecule has 1 N–H and O–H groups in total. The van der Waals surface area contributed by atoms with Crippen LogP contribution >= 0.6 is 0 Å². The first-order chi connectivity index (χ1) is 8.61. The zero-order valence-corrected chi connectivity index (χ0v) is 9.63. The van der Waals surface area contributed by atoms with Gasteiger partial charge in [0.25, 0.3) is 0 Å². The van der Waals surface area contributed by atoms with Crippen LogP contribution in [0.25, 0.3) is 5.69 Å². The molecule has 0 aliphatic carbocycles. The van der Waals surface area contributed by atoms with Gasteiger partial charge in [0.15, 0.2) is 0 Å². The molecule has 0 radical (unpaired) electrons. The molecule has 1 aromatic carbocycles. The highest BCUT2D eigenvalue weighted by Gasteiger charge is 2.15. The Bertz CT molecular complexity index is 582. The molecule has 0 amide bonds. The van der Waals surface area contributed by atoms with Crippen LogP contribution in [0.2, 0.25) is 0 Å². The number of nitrogens with one attached hydrogen (secondary N) is 1. The van der Waals surface area contributed by atoms with Gasteiger partial charge in [0.1, 0.15) is 0 Å². The first-order valence-electron chi connectivity index (χ1n) is 5.25. The van der Waals surface area contributed by atoms with Gasteiger partial charge >= 0.3 is 5.69 Å². The van der Waals surface area contributed by atoms with Crippen molar-refractivity contribution in [2.75, 3.05) is 7.05 Å². The summed E-state index contributed by atoms with van der Waals surface area (Å²) in [5, 5.41) is 17.8. The Morgan fingerprint density at radius 2 is 2.28 bits per heavy atom. The van der Waals surface area contributed by atoms with Crippen LogP contribution in [0.3, 0.4) is 0 Å². The van der Waals surface area contributed by atoms with E-state index in [2.05, 4.69) is 10.4 Å². The van der Waals surface area contributed by atoms with Crippen molar-refractivity contribution in [3.63, 3.8) is 0 Å².